The Morgan fingerprint density at radius 2 is 2.33 bits per heavy atom. The maximum absolute atomic E-state index is 8.69. The maximum Gasteiger partial charge on any atom is 0.156 e. The Morgan fingerprint density at radius 1 is 1.50 bits per heavy atom. The zero-order valence-corrected chi connectivity index (χ0v) is 6.52. The van der Waals surface area contributed by atoms with E-state index in [1.165, 1.54) is 0 Å². The van der Waals surface area contributed by atoms with Gasteiger partial charge in [0.1, 0.15) is 12.4 Å². The van der Waals surface area contributed by atoms with Crippen molar-refractivity contribution in [3.8, 4) is 6.07 Å². The lowest BCUT2D eigenvalue weighted by Gasteiger charge is -1.99. The number of hydrogen-bond donors (Lipinski definition) is 0. The minimum atomic E-state index is 0.584. The van der Waals surface area contributed by atoms with Crippen LogP contribution < -0.4 is 0 Å². The van der Waals surface area contributed by atoms with Crippen LogP contribution in [0.1, 0.15) is 11.3 Å². The predicted molar refractivity (Wildman–Crippen MR) is 42.4 cm³/mol. The van der Waals surface area contributed by atoms with Crippen molar-refractivity contribution in [3.63, 3.8) is 0 Å². The second kappa shape index (κ2) is 2.31. The van der Waals surface area contributed by atoms with Gasteiger partial charge < -0.3 is 0 Å². The van der Waals surface area contributed by atoms with E-state index in [1.54, 1.807) is 23.1 Å². The topological polar surface area (TPSA) is 54.0 Å². The van der Waals surface area contributed by atoms with Crippen molar-refractivity contribution in [1.82, 2.24) is 14.4 Å². The highest BCUT2D eigenvalue weighted by molar-refractivity contribution is 5.42. The van der Waals surface area contributed by atoms with Gasteiger partial charge in [-0.2, -0.15) is 5.26 Å². The molecule has 0 N–H and O–H groups in total. The third-order valence-corrected chi connectivity index (χ3v) is 1.82. The largest absolute Gasteiger partial charge is 0.287 e. The predicted octanol–water partition coefficient (Wildman–Crippen LogP) is 0.909. The van der Waals surface area contributed by atoms with Gasteiger partial charge in [-0.15, -0.1) is 0 Å². The quantitative estimate of drug-likeness (QED) is 0.572. The van der Waals surface area contributed by atoms with Gasteiger partial charge in [0.25, 0.3) is 0 Å². The Labute approximate surface area is 69.1 Å². The average Bonchev–Trinajstić information content (AvgIpc) is 2.53. The van der Waals surface area contributed by atoms with Crippen molar-refractivity contribution in [2.75, 3.05) is 0 Å². The molecule has 0 radical (unpaired) electrons. The molecule has 2 aromatic rings. The van der Waals surface area contributed by atoms with E-state index in [0.717, 1.165) is 11.3 Å². The van der Waals surface area contributed by atoms with Gasteiger partial charge in [0.05, 0.1) is 11.8 Å². The SMILES string of the molecule is Cc1c(C#N)cnc2cncn12. The van der Waals surface area contributed by atoms with Gasteiger partial charge in [-0.05, 0) is 6.92 Å². The third kappa shape index (κ3) is 0.768. The zero-order chi connectivity index (χ0) is 8.55. The molecule has 0 fully saturated rings. The molecule has 4 heteroatoms. The van der Waals surface area contributed by atoms with Crippen molar-refractivity contribution >= 4 is 5.65 Å². The summed E-state index contributed by atoms with van der Waals surface area (Å²) in [5.41, 5.74) is 2.23. The summed E-state index contributed by atoms with van der Waals surface area (Å²) < 4.78 is 1.79. The maximum atomic E-state index is 8.69. The van der Waals surface area contributed by atoms with Gasteiger partial charge in [-0.1, -0.05) is 0 Å². The summed E-state index contributed by atoms with van der Waals surface area (Å²) >= 11 is 0. The monoisotopic (exact) mass is 158 g/mol. The van der Waals surface area contributed by atoms with Gasteiger partial charge in [0.2, 0.25) is 0 Å². The van der Waals surface area contributed by atoms with E-state index < -0.39 is 0 Å². The van der Waals surface area contributed by atoms with Gasteiger partial charge in [-0.25, -0.2) is 9.97 Å². The summed E-state index contributed by atoms with van der Waals surface area (Å²) in [4.78, 5) is 7.98. The molecule has 0 spiro atoms. The van der Waals surface area contributed by atoms with Crippen molar-refractivity contribution in [2.45, 2.75) is 6.92 Å². The Kier molecular flexibility index (Phi) is 1.31. The molecule has 0 aliphatic carbocycles. The molecule has 12 heavy (non-hydrogen) atoms. The summed E-state index contributed by atoms with van der Waals surface area (Å²) in [5.74, 6) is 0. The first kappa shape index (κ1) is 6.80. The van der Waals surface area contributed by atoms with E-state index >= 15 is 0 Å². The van der Waals surface area contributed by atoms with Gasteiger partial charge >= 0.3 is 0 Å². The van der Waals surface area contributed by atoms with E-state index in [1.807, 2.05) is 6.92 Å². The van der Waals surface area contributed by atoms with E-state index in [0.29, 0.717) is 5.56 Å². The number of nitriles is 1. The third-order valence-electron chi connectivity index (χ3n) is 1.82. The van der Waals surface area contributed by atoms with Crippen LogP contribution in [0.2, 0.25) is 0 Å². The lowest BCUT2D eigenvalue weighted by Crippen LogP contribution is -1.95. The van der Waals surface area contributed by atoms with E-state index in [2.05, 4.69) is 16.0 Å². The van der Waals surface area contributed by atoms with E-state index in [-0.39, 0.29) is 0 Å². The minimum absolute atomic E-state index is 0.584. The fourth-order valence-corrected chi connectivity index (χ4v) is 1.11. The van der Waals surface area contributed by atoms with Gasteiger partial charge in [0.15, 0.2) is 5.65 Å². The number of aromatic nitrogens is 3. The molecule has 2 aromatic heterocycles. The first-order valence-corrected chi connectivity index (χ1v) is 3.50. The van der Waals surface area contributed by atoms with Crippen LogP contribution in [-0.4, -0.2) is 14.4 Å². The van der Waals surface area contributed by atoms with Gasteiger partial charge in [0, 0.05) is 11.9 Å². The summed E-state index contributed by atoms with van der Waals surface area (Å²) in [6.45, 7) is 1.87. The van der Waals surface area contributed by atoms with E-state index in [9.17, 15) is 0 Å². The van der Waals surface area contributed by atoms with Crippen LogP contribution in [0, 0.1) is 18.3 Å². The van der Waals surface area contributed by atoms with Crippen LogP contribution in [0.3, 0.4) is 0 Å². The van der Waals surface area contributed by atoms with Crippen LogP contribution in [-0.2, 0) is 0 Å². The van der Waals surface area contributed by atoms with Gasteiger partial charge in [-0.3, -0.25) is 4.40 Å². The highest BCUT2D eigenvalue weighted by Crippen LogP contribution is 2.07. The molecule has 2 heterocycles. The van der Waals surface area contributed by atoms with Crippen LogP contribution in [0.4, 0.5) is 0 Å². The number of imidazole rings is 1. The lowest BCUT2D eigenvalue weighted by molar-refractivity contribution is 1.03. The van der Waals surface area contributed by atoms with Crippen molar-refractivity contribution < 1.29 is 0 Å². The summed E-state index contributed by atoms with van der Waals surface area (Å²) in [6, 6.07) is 2.07. The molecule has 0 aliphatic rings. The van der Waals surface area contributed by atoms with Crippen molar-refractivity contribution in [3.05, 3.63) is 30.0 Å². The first-order chi connectivity index (χ1) is 5.83. The highest BCUT2D eigenvalue weighted by atomic mass is 15.0. The standard InChI is InChI=1S/C8H6N4/c1-6-7(2-9)3-11-8-4-10-5-12(6)8/h3-5H,1H3. The molecular weight excluding hydrogens is 152 g/mol. The van der Waals surface area contributed by atoms with Crippen LogP contribution in [0.15, 0.2) is 18.7 Å². The van der Waals surface area contributed by atoms with Crippen LogP contribution >= 0.6 is 0 Å². The van der Waals surface area contributed by atoms with Crippen molar-refractivity contribution in [2.24, 2.45) is 0 Å². The number of hydrogen-bond acceptors (Lipinski definition) is 3. The molecule has 4 nitrogen and oxygen atoms in total. The molecule has 0 aromatic carbocycles. The number of rotatable bonds is 0. The van der Waals surface area contributed by atoms with Crippen LogP contribution in [0.25, 0.3) is 5.65 Å². The summed E-state index contributed by atoms with van der Waals surface area (Å²) in [7, 11) is 0. The lowest BCUT2D eigenvalue weighted by atomic mass is 10.3. The first-order valence-electron chi connectivity index (χ1n) is 3.50. The fourth-order valence-electron chi connectivity index (χ4n) is 1.11. The summed E-state index contributed by atoms with van der Waals surface area (Å²) in [6.07, 6.45) is 4.87. The Hall–Kier alpha value is -1.89. The molecule has 0 saturated carbocycles. The zero-order valence-electron chi connectivity index (χ0n) is 6.52. The molecule has 0 unspecified atom stereocenters. The Morgan fingerprint density at radius 3 is 3.08 bits per heavy atom. The highest BCUT2D eigenvalue weighted by Gasteiger charge is 2.02. The second-order valence-corrected chi connectivity index (χ2v) is 2.49. The molecular formula is C8H6N4. The Bertz CT molecular complexity index is 463. The number of fused-ring (bicyclic) bond motifs is 1. The Balaban J connectivity index is 2.89. The molecule has 2 rings (SSSR count). The smallest absolute Gasteiger partial charge is 0.156 e. The normalized spacial score (nSPS) is 10.0. The molecule has 0 amide bonds. The average molecular weight is 158 g/mol. The molecule has 0 aliphatic heterocycles. The second-order valence-electron chi connectivity index (χ2n) is 2.49. The molecule has 0 atom stereocenters. The van der Waals surface area contributed by atoms with Crippen LogP contribution in [0.5, 0.6) is 0 Å². The fraction of sp³-hybridized carbons (Fsp3) is 0.125. The minimum Gasteiger partial charge on any atom is -0.287 e. The molecule has 58 valence electrons. The number of nitrogens with zero attached hydrogens (tertiary/aromatic N) is 4. The summed E-state index contributed by atoms with van der Waals surface area (Å²) in [5, 5.41) is 8.69. The molecule has 0 bridgehead atoms. The number of aryl methyl sites for hydroxylation is 1. The van der Waals surface area contributed by atoms with E-state index in [4.69, 9.17) is 5.26 Å². The molecule has 0 saturated heterocycles. The van der Waals surface area contributed by atoms with Crippen molar-refractivity contribution in [1.29, 1.82) is 5.26 Å².